The van der Waals surface area contributed by atoms with Crippen molar-refractivity contribution in [3.8, 4) is 0 Å². The zero-order valence-corrected chi connectivity index (χ0v) is 15.5. The molecule has 0 aromatic carbocycles. The molecule has 1 unspecified atom stereocenters. The maximum Gasteiger partial charge on any atom is 0.191 e. The number of rotatable bonds is 7. The Kier molecular flexibility index (Phi) is 6.39. The van der Waals surface area contributed by atoms with Crippen LogP contribution < -0.4 is 10.6 Å². The van der Waals surface area contributed by atoms with Crippen LogP contribution in [0.1, 0.15) is 50.1 Å². The van der Waals surface area contributed by atoms with Gasteiger partial charge in [0.2, 0.25) is 0 Å². The number of furan rings is 1. The van der Waals surface area contributed by atoms with E-state index >= 15 is 0 Å². The lowest BCUT2D eigenvalue weighted by molar-refractivity contribution is 0.0386. The molecule has 3 N–H and O–H groups in total. The van der Waals surface area contributed by atoms with Crippen LogP contribution >= 0.6 is 11.3 Å². The van der Waals surface area contributed by atoms with Crippen LogP contribution in [0.15, 0.2) is 33.2 Å². The van der Waals surface area contributed by atoms with Gasteiger partial charge in [-0.1, -0.05) is 13.8 Å². The molecule has 0 saturated heterocycles. The lowest BCUT2D eigenvalue weighted by atomic mass is 10.0. The summed E-state index contributed by atoms with van der Waals surface area (Å²) in [5.41, 5.74) is -0.00463. The highest BCUT2D eigenvalue weighted by molar-refractivity contribution is 7.09. The molecule has 0 spiro atoms. The predicted octanol–water partition coefficient (Wildman–Crippen LogP) is 2.82. The molecule has 0 amide bonds. The Morgan fingerprint density at radius 2 is 2.25 bits per heavy atom. The highest BCUT2D eigenvalue weighted by Gasteiger charge is 2.26. The number of hydrogen-bond acceptors (Lipinski definition) is 5. The molecule has 2 aromatic heterocycles. The van der Waals surface area contributed by atoms with Crippen molar-refractivity contribution in [3.63, 3.8) is 0 Å². The molecule has 0 saturated carbocycles. The van der Waals surface area contributed by atoms with Gasteiger partial charge in [0.05, 0.1) is 25.0 Å². The molecule has 0 aliphatic carbocycles. The van der Waals surface area contributed by atoms with Gasteiger partial charge in [0.25, 0.3) is 0 Å². The Morgan fingerprint density at radius 1 is 1.46 bits per heavy atom. The molecular formula is C17H26N4O2S. The smallest absolute Gasteiger partial charge is 0.191 e. The van der Waals surface area contributed by atoms with Gasteiger partial charge in [-0.15, -0.1) is 11.3 Å². The summed E-state index contributed by atoms with van der Waals surface area (Å²) in [5, 5.41) is 19.9. The lowest BCUT2D eigenvalue weighted by Crippen LogP contribution is -2.44. The zero-order chi connectivity index (χ0) is 17.6. The Balaban J connectivity index is 1.97. The molecule has 7 heteroatoms. The van der Waals surface area contributed by atoms with E-state index in [1.54, 1.807) is 36.7 Å². The number of guanidine groups is 1. The quantitative estimate of drug-likeness (QED) is 0.528. The van der Waals surface area contributed by atoms with Gasteiger partial charge in [-0.25, -0.2) is 9.98 Å². The second-order valence-electron chi connectivity index (χ2n) is 6.12. The van der Waals surface area contributed by atoms with Gasteiger partial charge in [-0.3, -0.25) is 0 Å². The second-order valence-corrected chi connectivity index (χ2v) is 7.06. The van der Waals surface area contributed by atoms with E-state index in [4.69, 9.17) is 4.42 Å². The first kappa shape index (κ1) is 18.5. The SMILES string of the molecule is CCNC(=NCc1nc(C(C)C)cs1)NCC(C)(O)c1ccco1. The fraction of sp³-hybridized carbons (Fsp3) is 0.529. The Hall–Kier alpha value is -1.86. The second kappa shape index (κ2) is 8.30. The monoisotopic (exact) mass is 350 g/mol. The van der Waals surface area contributed by atoms with E-state index in [-0.39, 0.29) is 0 Å². The fourth-order valence-corrected chi connectivity index (χ4v) is 2.96. The minimum Gasteiger partial charge on any atom is -0.466 e. The van der Waals surface area contributed by atoms with E-state index in [0.29, 0.717) is 30.7 Å². The summed E-state index contributed by atoms with van der Waals surface area (Å²) in [6, 6.07) is 3.52. The molecule has 0 bridgehead atoms. The van der Waals surface area contributed by atoms with Crippen molar-refractivity contribution >= 4 is 17.3 Å². The molecule has 0 fully saturated rings. The van der Waals surface area contributed by atoms with Gasteiger partial charge in [0.15, 0.2) is 5.96 Å². The van der Waals surface area contributed by atoms with Crippen LogP contribution in [0.5, 0.6) is 0 Å². The van der Waals surface area contributed by atoms with Crippen molar-refractivity contribution in [1.82, 2.24) is 15.6 Å². The Bertz CT molecular complexity index is 647. The van der Waals surface area contributed by atoms with Crippen molar-refractivity contribution in [2.24, 2.45) is 4.99 Å². The van der Waals surface area contributed by atoms with Crippen molar-refractivity contribution in [2.45, 2.75) is 45.8 Å². The van der Waals surface area contributed by atoms with E-state index in [1.807, 2.05) is 6.92 Å². The maximum absolute atomic E-state index is 10.5. The van der Waals surface area contributed by atoms with E-state index in [0.717, 1.165) is 17.2 Å². The number of aliphatic hydroxyl groups is 1. The highest BCUT2D eigenvalue weighted by Crippen LogP contribution is 2.20. The Morgan fingerprint density at radius 3 is 2.83 bits per heavy atom. The molecule has 2 aromatic rings. The number of nitrogens with one attached hydrogen (secondary N) is 2. The Labute approximate surface area is 147 Å². The van der Waals surface area contributed by atoms with E-state index in [1.165, 1.54) is 0 Å². The highest BCUT2D eigenvalue weighted by atomic mass is 32.1. The summed E-state index contributed by atoms with van der Waals surface area (Å²) in [7, 11) is 0. The summed E-state index contributed by atoms with van der Waals surface area (Å²) in [4.78, 5) is 9.12. The number of thiazole rings is 1. The van der Waals surface area contributed by atoms with Gasteiger partial charge in [-0.05, 0) is 31.9 Å². The van der Waals surface area contributed by atoms with Gasteiger partial charge in [0, 0.05) is 11.9 Å². The van der Waals surface area contributed by atoms with Crippen LogP contribution in [0.2, 0.25) is 0 Å². The molecule has 0 radical (unpaired) electrons. The van der Waals surface area contributed by atoms with Gasteiger partial charge >= 0.3 is 0 Å². The van der Waals surface area contributed by atoms with E-state index in [2.05, 4.69) is 39.8 Å². The number of aliphatic imine (C=N–C) groups is 1. The molecule has 0 aliphatic rings. The van der Waals surface area contributed by atoms with Crippen LogP contribution in [-0.4, -0.2) is 29.1 Å². The largest absolute Gasteiger partial charge is 0.466 e. The molecule has 6 nitrogen and oxygen atoms in total. The number of aromatic nitrogens is 1. The average Bonchev–Trinajstić information content (AvgIpc) is 3.21. The van der Waals surface area contributed by atoms with E-state index in [9.17, 15) is 5.11 Å². The zero-order valence-electron chi connectivity index (χ0n) is 14.7. The van der Waals surface area contributed by atoms with Crippen LogP contribution in [-0.2, 0) is 12.1 Å². The van der Waals surface area contributed by atoms with E-state index < -0.39 is 5.60 Å². The normalized spacial score (nSPS) is 14.7. The summed E-state index contributed by atoms with van der Waals surface area (Å²) >= 11 is 1.62. The van der Waals surface area contributed by atoms with Crippen LogP contribution in [0.3, 0.4) is 0 Å². The first-order valence-corrected chi connectivity index (χ1v) is 9.03. The third-order valence-electron chi connectivity index (χ3n) is 3.53. The molecule has 0 aliphatic heterocycles. The minimum atomic E-state index is -1.11. The molecule has 1 atom stereocenters. The fourth-order valence-electron chi connectivity index (χ4n) is 2.08. The van der Waals surface area contributed by atoms with Gasteiger partial charge in [-0.2, -0.15) is 0 Å². The van der Waals surface area contributed by atoms with Crippen molar-refractivity contribution in [3.05, 3.63) is 40.2 Å². The summed E-state index contributed by atoms with van der Waals surface area (Å²) in [6.07, 6.45) is 1.55. The summed E-state index contributed by atoms with van der Waals surface area (Å²) in [6.45, 7) is 9.51. The maximum atomic E-state index is 10.5. The molecule has 24 heavy (non-hydrogen) atoms. The summed E-state index contributed by atoms with van der Waals surface area (Å²) in [5.74, 6) is 1.59. The summed E-state index contributed by atoms with van der Waals surface area (Å²) < 4.78 is 5.29. The van der Waals surface area contributed by atoms with Crippen molar-refractivity contribution < 1.29 is 9.52 Å². The minimum absolute atomic E-state index is 0.293. The third kappa shape index (κ3) is 5.07. The van der Waals surface area contributed by atoms with Crippen LogP contribution in [0.25, 0.3) is 0 Å². The van der Waals surface area contributed by atoms with Gasteiger partial charge in [0.1, 0.15) is 16.4 Å². The molecule has 2 rings (SSSR count). The third-order valence-corrected chi connectivity index (χ3v) is 4.38. The lowest BCUT2D eigenvalue weighted by Gasteiger charge is -2.22. The van der Waals surface area contributed by atoms with Crippen molar-refractivity contribution in [2.75, 3.05) is 13.1 Å². The molecule has 2 heterocycles. The van der Waals surface area contributed by atoms with Crippen molar-refractivity contribution in [1.29, 1.82) is 0 Å². The van der Waals surface area contributed by atoms with Crippen LogP contribution in [0.4, 0.5) is 0 Å². The van der Waals surface area contributed by atoms with Gasteiger partial charge < -0.3 is 20.2 Å². The number of nitrogens with zero attached hydrogens (tertiary/aromatic N) is 2. The predicted molar refractivity (Wildman–Crippen MR) is 97.3 cm³/mol. The molecular weight excluding hydrogens is 324 g/mol. The topological polar surface area (TPSA) is 82.7 Å². The number of hydrogen-bond donors (Lipinski definition) is 3. The first-order chi connectivity index (χ1) is 11.4. The standard InChI is InChI=1S/C17H26N4O2S/c1-5-18-16(19-9-15-21-13(10-24-15)12(2)3)20-11-17(4,22)14-7-6-8-23-14/h6-8,10,12,22H,5,9,11H2,1-4H3,(H2,18,19,20). The molecule has 132 valence electrons. The average molecular weight is 350 g/mol. The van der Waals surface area contributed by atoms with Crippen LogP contribution in [0, 0.1) is 0 Å². The first-order valence-electron chi connectivity index (χ1n) is 8.15.